The molecule has 5 rings (SSSR count). The van der Waals surface area contributed by atoms with Crippen LogP contribution in [0.3, 0.4) is 0 Å². The van der Waals surface area contributed by atoms with Crippen LogP contribution in [0.2, 0.25) is 0 Å². The minimum absolute atomic E-state index is 0.00584. The predicted octanol–water partition coefficient (Wildman–Crippen LogP) is 0.927. The second-order valence-corrected chi connectivity index (χ2v) is 8.48. The maximum atomic E-state index is 13.2. The van der Waals surface area contributed by atoms with Gasteiger partial charge < -0.3 is 31.3 Å². The van der Waals surface area contributed by atoms with Crippen LogP contribution in [0.25, 0.3) is 11.4 Å². The number of aromatic nitrogens is 5. The van der Waals surface area contributed by atoms with Crippen molar-refractivity contribution in [1.29, 1.82) is 0 Å². The zero-order valence-electron chi connectivity index (χ0n) is 19.3. The van der Waals surface area contributed by atoms with Crippen LogP contribution < -0.4 is 26.6 Å². The number of pyridine rings is 1. The zero-order chi connectivity index (χ0) is 24.2. The third-order valence-electron chi connectivity index (χ3n) is 6.11. The lowest BCUT2D eigenvalue weighted by Gasteiger charge is -2.32. The molecule has 0 spiro atoms. The first kappa shape index (κ1) is 22.9. The van der Waals surface area contributed by atoms with Crippen LogP contribution in [0.15, 0.2) is 36.8 Å². The first-order valence-electron chi connectivity index (χ1n) is 11.6. The highest BCUT2D eigenvalue weighted by atomic mass is 16.5. The standard InChI is InChI=1S/C23H28N10O2/c24-15-4-8-32(9-5-15)18-2-1-6-26-21(18)31-22(34)19-20(25)28-14-17(29-19)16-3-7-27-23(30-16)33-10-12-35-13-11-33/h1-3,6-7,14-15H,4-5,8-13,24H2,(H2,25,28)(H,26,31,34). The molecule has 35 heavy (non-hydrogen) atoms. The summed E-state index contributed by atoms with van der Waals surface area (Å²) in [6.07, 6.45) is 6.56. The van der Waals surface area contributed by atoms with E-state index in [-0.39, 0.29) is 17.6 Å². The first-order chi connectivity index (χ1) is 17.1. The number of nitrogens with two attached hydrogens (primary N) is 2. The summed E-state index contributed by atoms with van der Waals surface area (Å²) in [5, 5.41) is 2.86. The first-order valence-corrected chi connectivity index (χ1v) is 11.6. The summed E-state index contributed by atoms with van der Waals surface area (Å²) in [4.78, 5) is 39.5. The second kappa shape index (κ2) is 10.2. The number of rotatable bonds is 5. The van der Waals surface area contributed by atoms with Gasteiger partial charge in [-0.25, -0.2) is 24.9 Å². The van der Waals surface area contributed by atoms with Gasteiger partial charge in [0.1, 0.15) is 5.69 Å². The lowest BCUT2D eigenvalue weighted by atomic mass is 10.1. The van der Waals surface area contributed by atoms with Gasteiger partial charge in [-0.1, -0.05) is 0 Å². The Morgan fingerprint density at radius 3 is 2.57 bits per heavy atom. The van der Waals surface area contributed by atoms with Crippen molar-refractivity contribution in [3.05, 3.63) is 42.5 Å². The Hall–Kier alpha value is -3.90. The van der Waals surface area contributed by atoms with Crippen molar-refractivity contribution in [1.82, 2.24) is 24.9 Å². The molecule has 182 valence electrons. The number of anilines is 4. The van der Waals surface area contributed by atoms with Crippen molar-refractivity contribution in [3.8, 4) is 11.4 Å². The Morgan fingerprint density at radius 2 is 1.77 bits per heavy atom. The molecule has 0 unspecified atom stereocenters. The molecule has 5 heterocycles. The van der Waals surface area contributed by atoms with Crippen molar-refractivity contribution < 1.29 is 9.53 Å². The molecule has 12 nitrogen and oxygen atoms in total. The van der Waals surface area contributed by atoms with E-state index in [4.69, 9.17) is 16.2 Å². The predicted molar refractivity (Wildman–Crippen MR) is 132 cm³/mol. The summed E-state index contributed by atoms with van der Waals surface area (Å²) in [6.45, 7) is 4.26. The van der Waals surface area contributed by atoms with E-state index < -0.39 is 5.91 Å². The second-order valence-electron chi connectivity index (χ2n) is 8.48. The van der Waals surface area contributed by atoms with Gasteiger partial charge >= 0.3 is 0 Å². The molecule has 0 radical (unpaired) electrons. The van der Waals surface area contributed by atoms with Gasteiger partial charge in [0.05, 0.1) is 30.8 Å². The third-order valence-corrected chi connectivity index (χ3v) is 6.11. The summed E-state index contributed by atoms with van der Waals surface area (Å²) in [6, 6.07) is 5.70. The molecular weight excluding hydrogens is 448 g/mol. The van der Waals surface area contributed by atoms with E-state index in [1.54, 1.807) is 18.5 Å². The fraction of sp³-hybridized carbons (Fsp3) is 0.391. The van der Waals surface area contributed by atoms with Crippen molar-refractivity contribution in [2.75, 3.05) is 60.2 Å². The molecule has 0 aliphatic carbocycles. The SMILES string of the molecule is Nc1ncc(-c2ccnc(N3CCOCC3)n2)nc1C(=O)Nc1ncccc1N1CCC(N)CC1. The summed E-state index contributed by atoms with van der Waals surface area (Å²) >= 11 is 0. The molecule has 2 aliphatic heterocycles. The van der Waals surface area contributed by atoms with E-state index in [1.807, 2.05) is 17.0 Å². The Morgan fingerprint density at radius 1 is 0.971 bits per heavy atom. The largest absolute Gasteiger partial charge is 0.382 e. The summed E-state index contributed by atoms with van der Waals surface area (Å²) in [5.74, 6) is 0.550. The highest BCUT2D eigenvalue weighted by molar-refractivity contribution is 6.06. The van der Waals surface area contributed by atoms with Crippen molar-refractivity contribution in [2.45, 2.75) is 18.9 Å². The van der Waals surface area contributed by atoms with Crippen molar-refractivity contribution in [2.24, 2.45) is 5.73 Å². The van der Waals surface area contributed by atoms with Gasteiger partial charge in [0.2, 0.25) is 5.95 Å². The fourth-order valence-electron chi connectivity index (χ4n) is 4.15. The number of carbonyl (C=O) groups is 1. The molecule has 3 aromatic heterocycles. The molecule has 5 N–H and O–H groups in total. The number of nitrogen functional groups attached to an aromatic ring is 1. The van der Waals surface area contributed by atoms with Crippen molar-refractivity contribution >= 4 is 29.2 Å². The van der Waals surface area contributed by atoms with Gasteiger partial charge in [-0.05, 0) is 31.0 Å². The van der Waals surface area contributed by atoms with Crippen LogP contribution in [-0.4, -0.2) is 76.3 Å². The van der Waals surface area contributed by atoms with Gasteiger partial charge in [0.25, 0.3) is 5.91 Å². The molecule has 0 aromatic carbocycles. The van der Waals surface area contributed by atoms with E-state index in [0.717, 1.165) is 31.6 Å². The van der Waals surface area contributed by atoms with Crippen LogP contribution in [0, 0.1) is 0 Å². The van der Waals surface area contributed by atoms with Crippen LogP contribution in [0.1, 0.15) is 23.3 Å². The Balaban J connectivity index is 1.38. The monoisotopic (exact) mass is 476 g/mol. The maximum Gasteiger partial charge on any atom is 0.279 e. The van der Waals surface area contributed by atoms with Gasteiger partial charge in [-0.15, -0.1) is 0 Å². The number of amides is 1. The minimum Gasteiger partial charge on any atom is -0.382 e. The van der Waals surface area contributed by atoms with E-state index in [9.17, 15) is 4.79 Å². The molecule has 1 amide bonds. The molecular formula is C23H28N10O2. The number of carbonyl (C=O) groups excluding carboxylic acids is 1. The van der Waals surface area contributed by atoms with E-state index in [2.05, 4.69) is 35.1 Å². The van der Waals surface area contributed by atoms with Crippen molar-refractivity contribution in [3.63, 3.8) is 0 Å². The third kappa shape index (κ3) is 5.12. The molecule has 0 bridgehead atoms. The minimum atomic E-state index is -0.493. The number of ether oxygens (including phenoxy) is 1. The molecule has 0 atom stereocenters. The highest BCUT2D eigenvalue weighted by Crippen LogP contribution is 2.27. The average Bonchev–Trinajstić information content (AvgIpc) is 2.90. The smallest absolute Gasteiger partial charge is 0.279 e. The van der Waals surface area contributed by atoms with Gasteiger partial charge in [-0.3, -0.25) is 4.79 Å². The highest BCUT2D eigenvalue weighted by Gasteiger charge is 2.22. The molecule has 0 saturated carbocycles. The molecule has 2 saturated heterocycles. The van der Waals surface area contributed by atoms with Gasteiger partial charge in [-0.2, -0.15) is 0 Å². The summed E-state index contributed by atoms with van der Waals surface area (Å²) in [5.41, 5.74) is 13.9. The normalized spacial score (nSPS) is 16.8. The Labute approximate surface area is 202 Å². The van der Waals surface area contributed by atoms with E-state index in [0.29, 0.717) is 49.5 Å². The number of piperidine rings is 1. The molecule has 2 fully saturated rings. The van der Waals surface area contributed by atoms with Crippen LogP contribution in [0.5, 0.6) is 0 Å². The molecule has 12 heteroatoms. The Kier molecular flexibility index (Phi) is 6.64. The maximum absolute atomic E-state index is 13.2. The number of morpholine rings is 1. The lowest BCUT2D eigenvalue weighted by Crippen LogP contribution is -2.40. The number of hydrogen-bond acceptors (Lipinski definition) is 11. The number of nitrogens with zero attached hydrogens (tertiary/aromatic N) is 7. The number of hydrogen-bond donors (Lipinski definition) is 3. The topological polar surface area (TPSA) is 161 Å². The quantitative estimate of drug-likeness (QED) is 0.480. The van der Waals surface area contributed by atoms with Gasteiger partial charge in [0.15, 0.2) is 17.3 Å². The lowest BCUT2D eigenvalue weighted by molar-refractivity contribution is 0.102. The molecule has 2 aliphatic rings. The van der Waals surface area contributed by atoms with E-state index >= 15 is 0 Å². The Bertz CT molecular complexity index is 1190. The van der Waals surface area contributed by atoms with Crippen LogP contribution >= 0.6 is 0 Å². The zero-order valence-corrected chi connectivity index (χ0v) is 19.3. The van der Waals surface area contributed by atoms with E-state index in [1.165, 1.54) is 6.20 Å². The van der Waals surface area contributed by atoms with Crippen LogP contribution in [-0.2, 0) is 4.74 Å². The fourth-order valence-corrected chi connectivity index (χ4v) is 4.15. The van der Waals surface area contributed by atoms with Crippen LogP contribution in [0.4, 0.5) is 23.3 Å². The number of nitrogens with one attached hydrogen (secondary N) is 1. The van der Waals surface area contributed by atoms with Gasteiger partial charge in [0, 0.05) is 44.6 Å². The average molecular weight is 477 g/mol. The summed E-state index contributed by atoms with van der Waals surface area (Å²) in [7, 11) is 0. The summed E-state index contributed by atoms with van der Waals surface area (Å²) < 4.78 is 5.40. The molecule has 3 aromatic rings.